The van der Waals surface area contributed by atoms with Gasteiger partial charge in [0.1, 0.15) is 33.9 Å². The minimum absolute atomic E-state index is 0.150. The third-order valence-corrected chi connectivity index (χ3v) is 7.86. The summed E-state index contributed by atoms with van der Waals surface area (Å²) in [7, 11) is 0. The number of carbonyl (C=O) groups excluding carboxylic acids is 1. The summed E-state index contributed by atoms with van der Waals surface area (Å²) in [5.41, 5.74) is 1.50. The maximum absolute atomic E-state index is 13.5. The molecule has 0 N–H and O–H groups in total. The van der Waals surface area contributed by atoms with Gasteiger partial charge in [-0.2, -0.15) is 0 Å². The number of hydrogen-bond donors (Lipinski definition) is 0. The summed E-state index contributed by atoms with van der Waals surface area (Å²) in [6, 6.07) is 6.05. The number of likely N-dealkylation sites (tertiary alicyclic amines) is 1. The summed E-state index contributed by atoms with van der Waals surface area (Å²) >= 11 is 1.62. The van der Waals surface area contributed by atoms with Crippen LogP contribution in [0, 0.1) is 5.41 Å². The van der Waals surface area contributed by atoms with Gasteiger partial charge >= 0.3 is 6.09 Å². The number of anilines is 2. The van der Waals surface area contributed by atoms with E-state index in [9.17, 15) is 9.18 Å². The van der Waals surface area contributed by atoms with E-state index in [1.807, 2.05) is 50.2 Å². The lowest BCUT2D eigenvalue weighted by molar-refractivity contribution is -0.0454. The zero-order valence-corrected chi connectivity index (χ0v) is 21.0. The Morgan fingerprint density at radius 1 is 1.11 bits per heavy atom. The molecule has 3 aliphatic rings. The lowest BCUT2D eigenvalue weighted by Crippen LogP contribution is -2.73. The van der Waals surface area contributed by atoms with Crippen molar-refractivity contribution in [3.63, 3.8) is 0 Å². The lowest BCUT2D eigenvalue weighted by atomic mass is 9.73. The molecular weight excluding hydrogens is 467 g/mol. The Hall–Kier alpha value is -3.01. The predicted molar refractivity (Wildman–Crippen MR) is 135 cm³/mol. The van der Waals surface area contributed by atoms with Crippen molar-refractivity contribution in [1.29, 1.82) is 0 Å². The van der Waals surface area contributed by atoms with Crippen LogP contribution in [0.4, 0.5) is 20.8 Å². The molecule has 1 atom stereocenters. The monoisotopic (exact) mass is 496 g/mol. The Balaban J connectivity index is 1.10. The first-order valence-electron chi connectivity index (χ1n) is 12.0. The van der Waals surface area contributed by atoms with Crippen LogP contribution < -0.4 is 9.80 Å². The number of aromatic nitrogens is 3. The summed E-state index contributed by atoms with van der Waals surface area (Å²) in [5, 5.41) is 0.898. The number of ether oxygens (including phenoxy) is 1. The summed E-state index contributed by atoms with van der Waals surface area (Å²) in [5.74, 6) is 1.75. The van der Waals surface area contributed by atoms with Crippen LogP contribution in [0.2, 0.25) is 0 Å². The second kappa shape index (κ2) is 8.01. The SMILES string of the molecule is CC(C)(C)OC(=O)N1CC2(C1)CN(c1cc3sc(-c4ccc(N5CC[C@@H](F)C5)nc4)nc3cn1)C2. The number of rotatable bonds is 3. The molecule has 0 radical (unpaired) electrons. The Kier molecular flexibility index (Phi) is 5.14. The molecule has 0 saturated carbocycles. The van der Waals surface area contributed by atoms with E-state index in [2.05, 4.69) is 20.9 Å². The van der Waals surface area contributed by atoms with Crippen molar-refractivity contribution in [2.45, 2.75) is 39.0 Å². The standard InChI is InChI=1S/C25H29FN6O2S/c1-24(2,3)34-23(33)32-14-25(15-32)12-31(13-25)21-8-19-18(10-28-21)29-22(35-19)16-4-5-20(27-9-16)30-7-6-17(26)11-30/h4-5,8-10,17H,6-7,11-15H2,1-3H3/t17-/m1/s1. The Bertz CT molecular complexity index is 1260. The number of amides is 1. The molecule has 0 aromatic carbocycles. The highest BCUT2D eigenvalue weighted by atomic mass is 32.1. The zero-order valence-electron chi connectivity index (χ0n) is 20.2. The van der Waals surface area contributed by atoms with Gasteiger partial charge in [-0.05, 0) is 39.3 Å². The summed E-state index contributed by atoms with van der Waals surface area (Å²) in [6.07, 6.45) is 3.22. The molecule has 6 heterocycles. The van der Waals surface area contributed by atoms with Crippen molar-refractivity contribution in [3.05, 3.63) is 30.6 Å². The van der Waals surface area contributed by atoms with Crippen LogP contribution in [-0.2, 0) is 4.74 Å². The maximum atomic E-state index is 13.5. The molecule has 3 aromatic rings. The molecule has 10 heteroatoms. The van der Waals surface area contributed by atoms with Gasteiger partial charge in [0.05, 0.1) is 17.4 Å². The van der Waals surface area contributed by atoms with Gasteiger partial charge in [0.2, 0.25) is 0 Å². The Morgan fingerprint density at radius 3 is 2.54 bits per heavy atom. The van der Waals surface area contributed by atoms with E-state index in [0.29, 0.717) is 19.5 Å². The number of halogens is 1. The highest BCUT2D eigenvalue weighted by Gasteiger charge is 2.54. The molecule has 0 unspecified atom stereocenters. The van der Waals surface area contributed by atoms with E-state index < -0.39 is 11.8 Å². The normalized spacial score (nSPS) is 21.4. The first-order valence-corrected chi connectivity index (χ1v) is 12.8. The van der Waals surface area contributed by atoms with E-state index in [-0.39, 0.29) is 11.5 Å². The second-order valence-electron chi connectivity index (χ2n) is 11.0. The molecule has 0 bridgehead atoms. The van der Waals surface area contributed by atoms with Crippen LogP contribution in [-0.4, -0.2) is 77.0 Å². The third-order valence-electron chi connectivity index (χ3n) is 6.79. The largest absolute Gasteiger partial charge is 0.444 e. The molecule has 3 aromatic heterocycles. The fraction of sp³-hybridized carbons (Fsp3) is 0.520. The number of hydrogen-bond acceptors (Lipinski definition) is 8. The summed E-state index contributed by atoms with van der Waals surface area (Å²) in [6.45, 7) is 10.0. The number of carbonyl (C=O) groups is 1. The molecule has 3 aliphatic heterocycles. The number of pyridine rings is 2. The fourth-order valence-corrected chi connectivity index (χ4v) is 6.05. The van der Waals surface area contributed by atoms with E-state index in [4.69, 9.17) is 9.72 Å². The van der Waals surface area contributed by atoms with Crippen LogP contribution in [0.1, 0.15) is 27.2 Å². The fourth-order valence-electron chi connectivity index (χ4n) is 5.09. The van der Waals surface area contributed by atoms with Crippen molar-refractivity contribution >= 4 is 39.3 Å². The van der Waals surface area contributed by atoms with Crippen molar-refractivity contribution in [2.24, 2.45) is 5.41 Å². The molecule has 0 aliphatic carbocycles. The van der Waals surface area contributed by atoms with Gasteiger partial charge in [-0.3, -0.25) is 0 Å². The molecule has 1 amide bonds. The Labute approximate surface area is 207 Å². The molecule has 3 fully saturated rings. The van der Waals surface area contributed by atoms with Gasteiger partial charge in [0.25, 0.3) is 0 Å². The minimum atomic E-state index is -0.767. The highest BCUT2D eigenvalue weighted by molar-refractivity contribution is 7.21. The second-order valence-corrected chi connectivity index (χ2v) is 12.0. The smallest absolute Gasteiger partial charge is 0.410 e. The molecule has 6 rings (SSSR count). The summed E-state index contributed by atoms with van der Waals surface area (Å²) < 4.78 is 20.1. The van der Waals surface area contributed by atoms with Gasteiger partial charge < -0.3 is 19.4 Å². The van der Waals surface area contributed by atoms with Crippen LogP contribution >= 0.6 is 11.3 Å². The number of nitrogens with zero attached hydrogens (tertiary/aromatic N) is 6. The predicted octanol–water partition coefficient (Wildman–Crippen LogP) is 4.36. The molecule has 1 spiro atoms. The van der Waals surface area contributed by atoms with E-state index in [0.717, 1.165) is 58.6 Å². The van der Waals surface area contributed by atoms with Gasteiger partial charge in [-0.1, -0.05) is 0 Å². The molecule has 184 valence electrons. The first kappa shape index (κ1) is 22.5. The van der Waals surface area contributed by atoms with E-state index in [1.165, 1.54) is 0 Å². The van der Waals surface area contributed by atoms with Crippen molar-refractivity contribution in [1.82, 2.24) is 19.9 Å². The van der Waals surface area contributed by atoms with Crippen LogP contribution in [0.15, 0.2) is 30.6 Å². The molecule has 3 saturated heterocycles. The third kappa shape index (κ3) is 4.28. The topological polar surface area (TPSA) is 74.7 Å². The lowest BCUT2D eigenvalue weighted by Gasteiger charge is -2.60. The first-order chi connectivity index (χ1) is 16.7. The highest BCUT2D eigenvalue weighted by Crippen LogP contribution is 2.43. The zero-order chi connectivity index (χ0) is 24.4. The summed E-state index contributed by atoms with van der Waals surface area (Å²) in [4.78, 5) is 32.2. The number of alkyl halides is 1. The van der Waals surface area contributed by atoms with Gasteiger partial charge in [-0.15, -0.1) is 11.3 Å². The van der Waals surface area contributed by atoms with Gasteiger partial charge in [-0.25, -0.2) is 24.1 Å². The van der Waals surface area contributed by atoms with Crippen molar-refractivity contribution < 1.29 is 13.9 Å². The average Bonchev–Trinajstić information content (AvgIpc) is 3.36. The quantitative estimate of drug-likeness (QED) is 0.533. The van der Waals surface area contributed by atoms with E-state index >= 15 is 0 Å². The van der Waals surface area contributed by atoms with Crippen molar-refractivity contribution in [3.8, 4) is 10.6 Å². The van der Waals surface area contributed by atoms with Crippen molar-refractivity contribution in [2.75, 3.05) is 49.1 Å². The number of fused-ring (bicyclic) bond motifs is 1. The average molecular weight is 497 g/mol. The van der Waals surface area contributed by atoms with Gasteiger partial charge in [0.15, 0.2) is 0 Å². The van der Waals surface area contributed by atoms with Crippen LogP contribution in [0.5, 0.6) is 0 Å². The molecular formula is C25H29FN6O2S. The molecule has 8 nitrogen and oxygen atoms in total. The van der Waals surface area contributed by atoms with Crippen LogP contribution in [0.25, 0.3) is 20.8 Å². The van der Waals surface area contributed by atoms with Crippen LogP contribution in [0.3, 0.4) is 0 Å². The van der Waals surface area contributed by atoms with Gasteiger partial charge in [0, 0.05) is 56.0 Å². The number of thiazole rings is 1. The minimum Gasteiger partial charge on any atom is -0.444 e. The maximum Gasteiger partial charge on any atom is 0.410 e. The Morgan fingerprint density at radius 2 is 1.89 bits per heavy atom. The van der Waals surface area contributed by atoms with E-state index in [1.54, 1.807) is 16.2 Å². The molecule has 35 heavy (non-hydrogen) atoms.